The van der Waals surface area contributed by atoms with Crippen molar-refractivity contribution in [3.63, 3.8) is 0 Å². The van der Waals surface area contributed by atoms with Crippen molar-refractivity contribution in [2.24, 2.45) is 0 Å². The minimum absolute atomic E-state index is 0.404. The van der Waals surface area contributed by atoms with Crippen molar-refractivity contribution in [1.29, 1.82) is 0 Å². The van der Waals surface area contributed by atoms with Gasteiger partial charge in [0, 0.05) is 4.75 Å². The number of unbranched alkanes of at least 4 members (excludes halogenated alkanes) is 5. The molecule has 96 valence electrons. The Hall–Kier alpha value is 0.350. The minimum atomic E-state index is 0.404. The molecule has 16 heavy (non-hydrogen) atoms. The summed E-state index contributed by atoms with van der Waals surface area (Å²) in [6.07, 6.45) is 18.3. The first kappa shape index (κ1) is 14.4. The monoisotopic (exact) mass is 242 g/mol. The molecule has 0 atom stereocenters. The van der Waals surface area contributed by atoms with E-state index >= 15 is 0 Å². The topological polar surface area (TPSA) is 0 Å². The lowest BCUT2D eigenvalue weighted by molar-refractivity contribution is 0.450. The summed E-state index contributed by atoms with van der Waals surface area (Å²) in [5.41, 5.74) is 0. The number of hydrogen-bond acceptors (Lipinski definition) is 1. The lowest BCUT2D eigenvalue weighted by Crippen LogP contribution is -2.20. The van der Waals surface area contributed by atoms with Gasteiger partial charge in [-0.05, 0) is 19.3 Å². The zero-order valence-electron chi connectivity index (χ0n) is 11.1. The van der Waals surface area contributed by atoms with Crippen molar-refractivity contribution in [2.45, 2.75) is 95.1 Å². The van der Waals surface area contributed by atoms with Gasteiger partial charge in [-0.15, -0.1) is 0 Å². The summed E-state index contributed by atoms with van der Waals surface area (Å²) < 4.78 is 0.404. The van der Waals surface area contributed by atoms with Gasteiger partial charge in [0.05, 0.1) is 0 Å². The van der Waals surface area contributed by atoms with E-state index < -0.39 is 0 Å². The van der Waals surface area contributed by atoms with E-state index in [1.165, 1.54) is 83.5 Å². The van der Waals surface area contributed by atoms with Crippen LogP contribution in [0.5, 0.6) is 0 Å². The smallest absolute Gasteiger partial charge is 0.0130 e. The first-order valence-corrected chi connectivity index (χ1v) is 7.94. The van der Waals surface area contributed by atoms with Crippen molar-refractivity contribution in [1.82, 2.24) is 0 Å². The van der Waals surface area contributed by atoms with Gasteiger partial charge in [-0.1, -0.05) is 71.1 Å². The van der Waals surface area contributed by atoms with Crippen LogP contribution in [0.4, 0.5) is 0 Å². The van der Waals surface area contributed by atoms with Crippen LogP contribution in [-0.4, -0.2) is 4.75 Å². The number of hydrogen-bond donors (Lipinski definition) is 1. The molecule has 1 aliphatic rings. The summed E-state index contributed by atoms with van der Waals surface area (Å²) in [5, 5.41) is 0. The molecule has 0 amide bonds. The van der Waals surface area contributed by atoms with Gasteiger partial charge in [0.2, 0.25) is 0 Å². The molecule has 0 aromatic heterocycles. The Labute approximate surface area is 108 Å². The van der Waals surface area contributed by atoms with E-state index in [1.54, 1.807) is 0 Å². The third-order valence-electron chi connectivity index (χ3n) is 4.03. The Morgan fingerprint density at radius 2 is 1.38 bits per heavy atom. The normalized spacial score (nSPS) is 20.6. The van der Waals surface area contributed by atoms with Gasteiger partial charge in [0.25, 0.3) is 0 Å². The summed E-state index contributed by atoms with van der Waals surface area (Å²) in [7, 11) is 0. The minimum Gasteiger partial charge on any atom is -0.173 e. The highest BCUT2D eigenvalue weighted by Crippen LogP contribution is 2.36. The van der Waals surface area contributed by atoms with Crippen molar-refractivity contribution in [3.05, 3.63) is 0 Å². The quantitative estimate of drug-likeness (QED) is 0.327. The van der Waals surface area contributed by atoms with Crippen molar-refractivity contribution >= 4 is 12.6 Å². The molecule has 1 heteroatoms. The molecule has 1 fully saturated rings. The molecule has 0 aromatic carbocycles. The van der Waals surface area contributed by atoms with Crippen LogP contribution in [0.25, 0.3) is 0 Å². The van der Waals surface area contributed by atoms with Gasteiger partial charge in [-0.25, -0.2) is 0 Å². The fourth-order valence-electron chi connectivity index (χ4n) is 2.87. The van der Waals surface area contributed by atoms with Crippen LogP contribution in [0.2, 0.25) is 0 Å². The molecule has 0 heterocycles. The average molecular weight is 242 g/mol. The molecular formula is C15H30S. The van der Waals surface area contributed by atoms with Gasteiger partial charge in [-0.3, -0.25) is 0 Å². The molecule has 0 saturated heterocycles. The van der Waals surface area contributed by atoms with E-state index in [-0.39, 0.29) is 0 Å². The molecule has 1 aliphatic carbocycles. The summed E-state index contributed by atoms with van der Waals surface area (Å²) in [5.74, 6) is 0. The van der Waals surface area contributed by atoms with Gasteiger partial charge in [-0.2, -0.15) is 12.6 Å². The Bertz CT molecular complexity index is 157. The van der Waals surface area contributed by atoms with Crippen molar-refractivity contribution in [3.8, 4) is 0 Å². The molecule has 0 aliphatic heterocycles. The molecule has 0 bridgehead atoms. The second kappa shape index (κ2) is 8.44. The van der Waals surface area contributed by atoms with E-state index in [0.717, 1.165) is 0 Å². The van der Waals surface area contributed by atoms with E-state index in [1.807, 2.05) is 0 Å². The van der Waals surface area contributed by atoms with Crippen LogP contribution in [0.15, 0.2) is 0 Å². The zero-order valence-corrected chi connectivity index (χ0v) is 12.0. The molecule has 0 radical (unpaired) electrons. The zero-order chi connectivity index (χ0) is 11.7. The van der Waals surface area contributed by atoms with E-state index in [9.17, 15) is 0 Å². The summed E-state index contributed by atoms with van der Waals surface area (Å²) in [6.45, 7) is 2.29. The average Bonchev–Trinajstić information content (AvgIpc) is 2.49. The molecule has 0 aromatic rings. The molecule has 0 spiro atoms. The van der Waals surface area contributed by atoms with Crippen molar-refractivity contribution in [2.75, 3.05) is 0 Å². The standard InChI is InChI=1S/C15H30S/c1-2-3-4-5-6-9-12-15(16)13-10-7-8-11-14-15/h16H,2-14H2,1H3. The Kier molecular flexibility index (Phi) is 7.60. The fourth-order valence-corrected chi connectivity index (χ4v) is 3.35. The molecular weight excluding hydrogens is 212 g/mol. The Morgan fingerprint density at radius 1 is 0.812 bits per heavy atom. The molecule has 0 unspecified atom stereocenters. The van der Waals surface area contributed by atoms with Gasteiger partial charge < -0.3 is 0 Å². The predicted octanol–water partition coefficient (Wildman–Crippen LogP) is 5.76. The Balaban J connectivity index is 2.05. The van der Waals surface area contributed by atoms with Crippen LogP contribution in [0.3, 0.4) is 0 Å². The Morgan fingerprint density at radius 3 is 2.00 bits per heavy atom. The summed E-state index contributed by atoms with van der Waals surface area (Å²) in [4.78, 5) is 0. The van der Waals surface area contributed by atoms with Crippen LogP contribution in [0, 0.1) is 0 Å². The second-order valence-corrected chi connectivity index (χ2v) is 6.61. The highest BCUT2D eigenvalue weighted by molar-refractivity contribution is 7.81. The van der Waals surface area contributed by atoms with Crippen LogP contribution in [-0.2, 0) is 0 Å². The van der Waals surface area contributed by atoms with Gasteiger partial charge in [0.15, 0.2) is 0 Å². The highest BCUT2D eigenvalue weighted by Gasteiger charge is 2.25. The second-order valence-electron chi connectivity index (χ2n) is 5.66. The lowest BCUT2D eigenvalue weighted by atomic mass is 9.92. The van der Waals surface area contributed by atoms with Gasteiger partial charge in [0.1, 0.15) is 0 Å². The first-order valence-electron chi connectivity index (χ1n) is 7.49. The third kappa shape index (κ3) is 6.18. The van der Waals surface area contributed by atoms with Crippen LogP contribution >= 0.6 is 12.6 Å². The van der Waals surface area contributed by atoms with Crippen LogP contribution < -0.4 is 0 Å². The molecule has 0 nitrogen and oxygen atoms in total. The maximum Gasteiger partial charge on any atom is 0.0130 e. The highest BCUT2D eigenvalue weighted by atomic mass is 32.1. The lowest BCUT2D eigenvalue weighted by Gasteiger charge is -2.26. The predicted molar refractivity (Wildman–Crippen MR) is 77.4 cm³/mol. The summed E-state index contributed by atoms with van der Waals surface area (Å²) >= 11 is 4.96. The van der Waals surface area contributed by atoms with Gasteiger partial charge >= 0.3 is 0 Å². The number of thiol groups is 1. The SMILES string of the molecule is CCCCCCCCC1(S)CCCCCC1. The number of rotatable bonds is 7. The van der Waals surface area contributed by atoms with E-state index in [0.29, 0.717) is 4.75 Å². The molecule has 0 N–H and O–H groups in total. The summed E-state index contributed by atoms with van der Waals surface area (Å²) in [6, 6.07) is 0. The fraction of sp³-hybridized carbons (Fsp3) is 1.00. The maximum atomic E-state index is 4.96. The van der Waals surface area contributed by atoms with Crippen LogP contribution in [0.1, 0.15) is 90.4 Å². The molecule has 1 saturated carbocycles. The maximum absolute atomic E-state index is 4.96. The largest absolute Gasteiger partial charge is 0.173 e. The molecule has 1 rings (SSSR count). The third-order valence-corrected chi connectivity index (χ3v) is 4.70. The van der Waals surface area contributed by atoms with Crippen molar-refractivity contribution < 1.29 is 0 Å². The van der Waals surface area contributed by atoms with E-state index in [2.05, 4.69) is 6.92 Å². The first-order chi connectivity index (χ1) is 7.77. The van der Waals surface area contributed by atoms with E-state index in [4.69, 9.17) is 12.6 Å².